The van der Waals surface area contributed by atoms with E-state index in [9.17, 15) is 9.59 Å². The molecular weight excluding hydrogens is 378 g/mol. The van der Waals surface area contributed by atoms with Crippen molar-refractivity contribution in [2.24, 2.45) is 0 Å². The molecule has 0 bridgehead atoms. The molecule has 8 nitrogen and oxygen atoms in total. The normalized spacial score (nSPS) is 16.0. The monoisotopic (exact) mass is 405 g/mol. The first kappa shape index (κ1) is 20.4. The van der Waals surface area contributed by atoms with Gasteiger partial charge in [0.15, 0.2) is 11.0 Å². The van der Waals surface area contributed by atoms with Crippen LogP contribution in [0.2, 0.25) is 0 Å². The third kappa shape index (κ3) is 4.76. The number of imide groups is 1. The molecule has 9 heteroatoms. The molecule has 0 saturated heterocycles. The fraction of sp³-hybridized carbons (Fsp3) is 0.579. The second kappa shape index (κ2) is 9.27. The first-order chi connectivity index (χ1) is 13.5. The highest BCUT2D eigenvalue weighted by Crippen LogP contribution is 2.28. The van der Waals surface area contributed by atoms with E-state index in [4.69, 9.17) is 4.42 Å². The Morgan fingerprint density at radius 2 is 2.07 bits per heavy atom. The van der Waals surface area contributed by atoms with E-state index in [1.807, 2.05) is 24.5 Å². The molecule has 2 aromatic heterocycles. The molecule has 0 unspecified atom stereocenters. The predicted molar refractivity (Wildman–Crippen MR) is 107 cm³/mol. The lowest BCUT2D eigenvalue weighted by Crippen LogP contribution is -2.47. The summed E-state index contributed by atoms with van der Waals surface area (Å²) in [4.78, 5) is 24.5. The molecule has 3 amide bonds. The minimum Gasteiger partial charge on any atom is -0.469 e. The number of nitrogens with one attached hydrogen (secondary N) is 2. The number of carbonyl (C=O) groups excluding carboxylic acids is 2. The first-order valence-electron chi connectivity index (χ1n) is 9.75. The number of furan rings is 1. The Bertz CT molecular complexity index is 825. The number of urea groups is 1. The van der Waals surface area contributed by atoms with Crippen LogP contribution >= 0.6 is 11.8 Å². The van der Waals surface area contributed by atoms with Crippen molar-refractivity contribution in [3.63, 3.8) is 0 Å². The van der Waals surface area contributed by atoms with Gasteiger partial charge < -0.3 is 14.3 Å². The molecule has 1 atom stereocenters. The van der Waals surface area contributed by atoms with Crippen LogP contribution in [0.15, 0.2) is 21.9 Å². The maximum Gasteiger partial charge on any atom is 0.321 e. The number of hydrogen-bond acceptors (Lipinski definition) is 6. The summed E-state index contributed by atoms with van der Waals surface area (Å²) in [5.41, 5.74) is 0.880. The maximum atomic E-state index is 12.4. The van der Waals surface area contributed by atoms with Gasteiger partial charge in [0.05, 0.1) is 17.1 Å². The number of aromatic nitrogens is 3. The largest absolute Gasteiger partial charge is 0.469 e. The van der Waals surface area contributed by atoms with E-state index in [1.54, 1.807) is 13.2 Å². The molecule has 3 rings (SSSR count). The molecule has 152 valence electrons. The van der Waals surface area contributed by atoms with E-state index in [0.29, 0.717) is 17.5 Å². The average molecular weight is 406 g/mol. The Kier molecular flexibility index (Phi) is 6.77. The topological polar surface area (TPSA) is 102 Å². The quantitative estimate of drug-likeness (QED) is 0.713. The van der Waals surface area contributed by atoms with E-state index in [-0.39, 0.29) is 11.9 Å². The third-order valence-corrected chi connectivity index (χ3v) is 6.04. The Hall–Kier alpha value is -2.29. The fourth-order valence-corrected chi connectivity index (χ4v) is 4.28. The van der Waals surface area contributed by atoms with Crippen LogP contribution in [0, 0.1) is 6.92 Å². The molecule has 0 aliphatic heterocycles. The summed E-state index contributed by atoms with van der Waals surface area (Å²) in [6.45, 7) is 6.28. The lowest BCUT2D eigenvalue weighted by molar-refractivity contribution is -0.119. The molecule has 28 heavy (non-hydrogen) atoms. The summed E-state index contributed by atoms with van der Waals surface area (Å²) in [6.07, 6.45) is 7.02. The number of amides is 3. The van der Waals surface area contributed by atoms with Gasteiger partial charge in [0, 0.05) is 12.6 Å². The summed E-state index contributed by atoms with van der Waals surface area (Å²) in [7, 11) is 0. The van der Waals surface area contributed by atoms with Crippen LogP contribution < -0.4 is 10.6 Å². The van der Waals surface area contributed by atoms with E-state index in [1.165, 1.54) is 18.2 Å². The predicted octanol–water partition coefficient (Wildman–Crippen LogP) is 3.51. The van der Waals surface area contributed by atoms with E-state index < -0.39 is 11.3 Å². The highest BCUT2D eigenvalue weighted by atomic mass is 32.2. The van der Waals surface area contributed by atoms with Crippen LogP contribution in [-0.2, 0) is 11.3 Å². The molecule has 1 aliphatic rings. The van der Waals surface area contributed by atoms with Crippen molar-refractivity contribution in [2.45, 2.75) is 75.9 Å². The Morgan fingerprint density at radius 1 is 1.32 bits per heavy atom. The Labute approximate surface area is 168 Å². The zero-order valence-corrected chi connectivity index (χ0v) is 17.3. The van der Waals surface area contributed by atoms with Crippen molar-refractivity contribution in [3.8, 4) is 11.4 Å². The van der Waals surface area contributed by atoms with Crippen LogP contribution in [0.5, 0.6) is 0 Å². The van der Waals surface area contributed by atoms with Gasteiger partial charge in [-0.2, -0.15) is 0 Å². The lowest BCUT2D eigenvalue weighted by atomic mass is 9.96. The number of aryl methyl sites for hydroxylation is 1. The van der Waals surface area contributed by atoms with Gasteiger partial charge in [-0.25, -0.2) is 4.79 Å². The maximum absolute atomic E-state index is 12.4. The van der Waals surface area contributed by atoms with Gasteiger partial charge >= 0.3 is 6.03 Å². The zero-order chi connectivity index (χ0) is 20.1. The Balaban J connectivity index is 1.60. The summed E-state index contributed by atoms with van der Waals surface area (Å²) in [6, 6.07) is 1.59. The van der Waals surface area contributed by atoms with Gasteiger partial charge in [0.2, 0.25) is 5.91 Å². The van der Waals surface area contributed by atoms with Gasteiger partial charge in [-0.3, -0.25) is 10.1 Å². The van der Waals surface area contributed by atoms with Crippen molar-refractivity contribution in [2.75, 3.05) is 0 Å². The molecule has 1 saturated carbocycles. The number of hydrogen-bond donors (Lipinski definition) is 2. The number of thioether (sulfide) groups is 1. The van der Waals surface area contributed by atoms with E-state index in [0.717, 1.165) is 37.0 Å². The molecule has 2 heterocycles. The van der Waals surface area contributed by atoms with Gasteiger partial charge in [-0.05, 0) is 39.7 Å². The summed E-state index contributed by atoms with van der Waals surface area (Å²) < 4.78 is 7.30. The minimum absolute atomic E-state index is 0.161. The molecule has 2 N–H and O–H groups in total. The summed E-state index contributed by atoms with van der Waals surface area (Å²) in [5, 5.41) is 14.0. The molecular formula is C19H27N5O3S. The molecule has 0 radical (unpaired) electrons. The zero-order valence-electron chi connectivity index (χ0n) is 16.5. The first-order valence-corrected chi connectivity index (χ1v) is 10.6. The smallest absolute Gasteiger partial charge is 0.321 e. The summed E-state index contributed by atoms with van der Waals surface area (Å²) in [5.74, 6) is 1.13. The lowest BCUT2D eigenvalue weighted by Gasteiger charge is -2.23. The van der Waals surface area contributed by atoms with Crippen molar-refractivity contribution in [1.82, 2.24) is 25.4 Å². The number of rotatable bonds is 6. The van der Waals surface area contributed by atoms with E-state index >= 15 is 0 Å². The second-order valence-electron chi connectivity index (χ2n) is 7.00. The highest BCUT2D eigenvalue weighted by Gasteiger charge is 2.23. The van der Waals surface area contributed by atoms with Gasteiger partial charge in [0.1, 0.15) is 5.76 Å². The molecule has 0 spiro atoms. The standard InChI is InChI=1S/C19H27N5O3S/c1-4-24-16(15-10-11-27-12(15)2)22-23-19(24)28-13(3)17(25)21-18(26)20-14-8-6-5-7-9-14/h10-11,13-14H,4-9H2,1-3H3,(H2,20,21,25,26)/t13-/m0/s1. The summed E-state index contributed by atoms with van der Waals surface area (Å²) >= 11 is 1.28. The molecule has 1 aliphatic carbocycles. The van der Waals surface area contributed by atoms with Gasteiger partial charge in [-0.1, -0.05) is 31.0 Å². The van der Waals surface area contributed by atoms with Gasteiger partial charge in [-0.15, -0.1) is 10.2 Å². The van der Waals surface area contributed by atoms with Crippen molar-refractivity contribution in [1.29, 1.82) is 0 Å². The van der Waals surface area contributed by atoms with Crippen molar-refractivity contribution >= 4 is 23.7 Å². The fourth-order valence-electron chi connectivity index (χ4n) is 3.37. The number of carbonyl (C=O) groups is 2. The van der Waals surface area contributed by atoms with Crippen LogP contribution in [0.4, 0.5) is 4.79 Å². The molecule has 2 aromatic rings. The molecule has 1 fully saturated rings. The third-order valence-electron chi connectivity index (χ3n) is 4.96. The average Bonchev–Trinajstić information content (AvgIpc) is 3.27. The Morgan fingerprint density at radius 3 is 2.71 bits per heavy atom. The van der Waals surface area contributed by atoms with Crippen LogP contribution in [-0.4, -0.2) is 38.0 Å². The minimum atomic E-state index is -0.482. The molecule has 0 aromatic carbocycles. The van der Waals surface area contributed by atoms with Gasteiger partial charge in [0.25, 0.3) is 0 Å². The van der Waals surface area contributed by atoms with Crippen LogP contribution in [0.25, 0.3) is 11.4 Å². The number of nitrogens with zero attached hydrogens (tertiary/aromatic N) is 3. The second-order valence-corrected chi connectivity index (χ2v) is 8.31. The SMILES string of the molecule is CCn1c(S[C@@H](C)C(=O)NC(=O)NC2CCCCC2)nnc1-c1ccoc1C. The van der Waals surface area contributed by atoms with E-state index in [2.05, 4.69) is 20.8 Å². The highest BCUT2D eigenvalue weighted by molar-refractivity contribution is 8.00. The van der Waals surface area contributed by atoms with Crippen molar-refractivity contribution in [3.05, 3.63) is 18.1 Å². The van der Waals surface area contributed by atoms with Crippen LogP contribution in [0.1, 0.15) is 51.7 Å². The van der Waals surface area contributed by atoms with Crippen molar-refractivity contribution < 1.29 is 14.0 Å². The van der Waals surface area contributed by atoms with Crippen LogP contribution in [0.3, 0.4) is 0 Å².